The molecule has 0 N–H and O–H groups in total. The van der Waals surface area contributed by atoms with Gasteiger partial charge in [-0.3, -0.25) is 0 Å². The molecule has 2 aliphatic carbocycles. The molecule has 0 amide bonds. The second-order valence-electron chi connectivity index (χ2n) is 17.1. The fourth-order valence-corrected chi connectivity index (χ4v) is 11.4. The number of aryl methyl sites for hydroxylation is 1. The first-order valence-corrected chi connectivity index (χ1v) is 21.8. The van der Waals surface area contributed by atoms with E-state index in [4.69, 9.17) is 0 Å². The predicted molar refractivity (Wildman–Crippen MR) is 255 cm³/mol. The SMILES string of the molecule is C(=C\c1cccc2c(N3c4ccccc4Cc4ccccc43)cccc12)/c1ccc2c(c1)C1(c3ccccc3-c3ccccc31)c1cc(N3CCCc4ccccc43)ccc1-2. The smallest absolute Gasteiger partial charge is 0.0726 e. The lowest BCUT2D eigenvalue weighted by Gasteiger charge is -2.34. The molecule has 0 aromatic heterocycles. The summed E-state index contributed by atoms with van der Waals surface area (Å²) >= 11 is 0. The lowest BCUT2D eigenvalue weighted by molar-refractivity contribution is 0.762. The minimum atomic E-state index is -0.428. The van der Waals surface area contributed by atoms with Crippen molar-refractivity contribution >= 4 is 51.4 Å². The number of rotatable bonds is 4. The quantitative estimate of drug-likeness (QED) is 0.164. The van der Waals surface area contributed by atoms with Gasteiger partial charge in [-0.25, -0.2) is 0 Å². The summed E-state index contributed by atoms with van der Waals surface area (Å²) in [7, 11) is 0. The molecule has 9 aromatic carbocycles. The van der Waals surface area contributed by atoms with Crippen LogP contribution in [0.4, 0.5) is 28.4 Å². The minimum absolute atomic E-state index is 0.428. The molecule has 0 saturated carbocycles. The van der Waals surface area contributed by atoms with E-state index in [0.717, 1.165) is 25.8 Å². The van der Waals surface area contributed by atoms with Crippen molar-refractivity contribution in [2.24, 2.45) is 0 Å². The fourth-order valence-electron chi connectivity index (χ4n) is 11.4. The lowest BCUT2D eigenvalue weighted by Crippen LogP contribution is -2.27. The van der Waals surface area contributed by atoms with Crippen molar-refractivity contribution in [3.8, 4) is 22.3 Å². The highest BCUT2D eigenvalue weighted by atomic mass is 15.2. The first-order chi connectivity index (χ1) is 30.3. The molecule has 4 aliphatic rings. The molecule has 2 heteroatoms. The molecule has 13 rings (SSSR count). The molecule has 0 saturated heterocycles. The number of benzene rings is 9. The maximum atomic E-state index is 2.55. The van der Waals surface area contributed by atoms with Crippen molar-refractivity contribution in [2.75, 3.05) is 16.3 Å². The molecule has 2 aliphatic heterocycles. The van der Waals surface area contributed by atoms with Crippen LogP contribution in [0.2, 0.25) is 0 Å². The van der Waals surface area contributed by atoms with Gasteiger partial charge < -0.3 is 9.80 Å². The third kappa shape index (κ3) is 4.97. The number of anilines is 5. The van der Waals surface area contributed by atoms with Gasteiger partial charge in [0.2, 0.25) is 0 Å². The van der Waals surface area contributed by atoms with E-state index in [2.05, 4.69) is 216 Å². The molecule has 0 fully saturated rings. The van der Waals surface area contributed by atoms with Crippen molar-refractivity contribution in [1.29, 1.82) is 0 Å². The van der Waals surface area contributed by atoms with E-state index >= 15 is 0 Å². The van der Waals surface area contributed by atoms with Crippen LogP contribution >= 0.6 is 0 Å². The molecule has 1 spiro atoms. The second kappa shape index (κ2) is 13.3. The Hall–Kier alpha value is -7.42. The van der Waals surface area contributed by atoms with Crippen LogP contribution in [0.25, 0.3) is 45.2 Å². The number of hydrogen-bond acceptors (Lipinski definition) is 2. The third-order valence-corrected chi connectivity index (χ3v) is 14.0. The van der Waals surface area contributed by atoms with Crippen molar-refractivity contribution in [3.05, 3.63) is 244 Å². The average Bonchev–Trinajstić information content (AvgIpc) is 3.79. The van der Waals surface area contributed by atoms with Gasteiger partial charge in [-0.15, -0.1) is 0 Å². The summed E-state index contributed by atoms with van der Waals surface area (Å²) in [6.07, 6.45) is 7.88. The highest BCUT2D eigenvalue weighted by Gasteiger charge is 2.51. The summed E-state index contributed by atoms with van der Waals surface area (Å²) in [4.78, 5) is 5.02. The van der Waals surface area contributed by atoms with Crippen molar-refractivity contribution < 1.29 is 0 Å². The van der Waals surface area contributed by atoms with Crippen LogP contribution in [0.3, 0.4) is 0 Å². The van der Waals surface area contributed by atoms with Crippen molar-refractivity contribution in [1.82, 2.24) is 0 Å². The topological polar surface area (TPSA) is 6.48 Å². The summed E-state index contributed by atoms with van der Waals surface area (Å²) in [5.41, 5.74) is 23.2. The van der Waals surface area contributed by atoms with E-state index in [1.807, 2.05) is 0 Å². The van der Waals surface area contributed by atoms with E-state index in [0.29, 0.717) is 0 Å². The number of para-hydroxylation sites is 3. The highest BCUT2D eigenvalue weighted by Crippen LogP contribution is 2.63. The van der Waals surface area contributed by atoms with Gasteiger partial charge in [0.05, 0.1) is 11.1 Å². The maximum absolute atomic E-state index is 2.55. The number of hydrogen-bond donors (Lipinski definition) is 0. The van der Waals surface area contributed by atoms with Crippen LogP contribution in [0, 0.1) is 0 Å². The zero-order valence-corrected chi connectivity index (χ0v) is 33.9. The van der Waals surface area contributed by atoms with E-state index in [-0.39, 0.29) is 0 Å². The Bertz CT molecular complexity index is 3200. The van der Waals surface area contributed by atoms with Gasteiger partial charge in [0.1, 0.15) is 0 Å². The summed E-state index contributed by atoms with van der Waals surface area (Å²) in [6, 6.07) is 73.0. The first kappa shape index (κ1) is 34.4. The number of fused-ring (bicyclic) bond motifs is 14. The summed E-state index contributed by atoms with van der Waals surface area (Å²) < 4.78 is 0. The zero-order valence-electron chi connectivity index (χ0n) is 33.9. The van der Waals surface area contributed by atoms with Gasteiger partial charge in [0.25, 0.3) is 0 Å². The highest BCUT2D eigenvalue weighted by molar-refractivity contribution is 6.04. The van der Waals surface area contributed by atoms with Crippen LogP contribution in [-0.4, -0.2) is 6.54 Å². The zero-order chi connectivity index (χ0) is 40.1. The Morgan fingerprint density at radius 1 is 0.410 bits per heavy atom. The molecule has 0 bridgehead atoms. The van der Waals surface area contributed by atoms with Crippen LogP contribution in [0.1, 0.15) is 56.5 Å². The van der Waals surface area contributed by atoms with Crippen molar-refractivity contribution in [3.63, 3.8) is 0 Å². The van der Waals surface area contributed by atoms with E-state index in [1.54, 1.807) is 0 Å². The molecule has 2 nitrogen and oxygen atoms in total. The summed E-state index contributed by atoms with van der Waals surface area (Å²) in [6.45, 7) is 1.02. The summed E-state index contributed by atoms with van der Waals surface area (Å²) in [5.74, 6) is 0. The van der Waals surface area contributed by atoms with Crippen LogP contribution in [-0.2, 0) is 18.3 Å². The normalized spacial score (nSPS) is 15.0. The predicted octanol–water partition coefficient (Wildman–Crippen LogP) is 14.8. The fraction of sp³-hybridized carbons (Fsp3) is 0.0847. The molecule has 2 heterocycles. The molecule has 0 atom stereocenters. The second-order valence-corrected chi connectivity index (χ2v) is 17.1. The Morgan fingerprint density at radius 2 is 0.984 bits per heavy atom. The van der Waals surface area contributed by atoms with Crippen LogP contribution < -0.4 is 9.80 Å². The molecule has 0 unspecified atom stereocenters. The molecule has 288 valence electrons. The Labute approximate surface area is 357 Å². The van der Waals surface area contributed by atoms with E-state index in [9.17, 15) is 0 Å². The molecule has 61 heavy (non-hydrogen) atoms. The average molecular weight is 779 g/mol. The Morgan fingerprint density at radius 3 is 1.74 bits per heavy atom. The Kier molecular flexibility index (Phi) is 7.51. The molecular weight excluding hydrogens is 737 g/mol. The summed E-state index contributed by atoms with van der Waals surface area (Å²) in [5, 5.41) is 2.48. The Balaban J connectivity index is 0.953. The van der Waals surface area contributed by atoms with Gasteiger partial charge in [-0.2, -0.15) is 0 Å². The third-order valence-electron chi connectivity index (χ3n) is 14.0. The van der Waals surface area contributed by atoms with Gasteiger partial charge in [-0.1, -0.05) is 164 Å². The number of nitrogens with zero attached hydrogens (tertiary/aromatic N) is 2. The van der Waals surface area contributed by atoms with Gasteiger partial charge in [0, 0.05) is 41.1 Å². The largest absolute Gasteiger partial charge is 0.341 e. The molecule has 0 radical (unpaired) electrons. The monoisotopic (exact) mass is 778 g/mol. The molecule has 9 aromatic rings. The van der Waals surface area contributed by atoms with Gasteiger partial charge in [-0.05, 0) is 133 Å². The molecular formula is C59H42N2. The first-order valence-electron chi connectivity index (χ1n) is 21.8. The lowest BCUT2D eigenvalue weighted by atomic mass is 9.70. The van der Waals surface area contributed by atoms with Crippen LogP contribution in [0.15, 0.2) is 194 Å². The standard InChI is InChI=1S/C59H42N2/c1-8-25-55-41(14-1)18-13-35-60(55)44-32-34-49-48-33-30-39(36-53(48)59(54(49)38-44)51-23-6-4-19-46(51)47-20-5-7-24-52(47)59)29-31-40-17-11-22-50-45(40)21-12-28-58(50)61-56-26-9-2-15-42(56)37-43-16-3-10-27-57(43)61/h1-12,14-17,19-34,36,38H,13,18,35,37H2/b31-29+. The van der Waals surface area contributed by atoms with E-state index < -0.39 is 5.41 Å². The van der Waals surface area contributed by atoms with Crippen LogP contribution in [0.5, 0.6) is 0 Å². The minimum Gasteiger partial charge on any atom is -0.341 e. The van der Waals surface area contributed by atoms with Crippen molar-refractivity contribution in [2.45, 2.75) is 24.7 Å². The van der Waals surface area contributed by atoms with E-state index in [1.165, 1.54) is 112 Å². The maximum Gasteiger partial charge on any atom is 0.0726 e. The van der Waals surface area contributed by atoms with Gasteiger partial charge in [0.15, 0.2) is 0 Å². The van der Waals surface area contributed by atoms with Gasteiger partial charge >= 0.3 is 0 Å².